The highest BCUT2D eigenvalue weighted by Crippen LogP contribution is 2.23. The number of nitrogens with zero attached hydrogens (tertiary/aromatic N) is 2. The molecule has 21 heavy (non-hydrogen) atoms. The van der Waals surface area contributed by atoms with Crippen molar-refractivity contribution in [1.82, 2.24) is 14.8 Å². The van der Waals surface area contributed by atoms with Crippen LogP contribution in [0.4, 0.5) is 0 Å². The van der Waals surface area contributed by atoms with Crippen LogP contribution in [0.2, 0.25) is 0 Å². The fourth-order valence-electron chi connectivity index (χ4n) is 3.21. The number of aryl methyl sites for hydroxylation is 1. The summed E-state index contributed by atoms with van der Waals surface area (Å²) in [5, 5.41) is 3.27. The SMILES string of the molecule is CNC1CCN(C(=O)c2cn(C)c(=O)c3c2C=CC3)CC1. The molecular weight excluding hydrogens is 266 g/mol. The van der Waals surface area contributed by atoms with E-state index in [-0.39, 0.29) is 11.5 Å². The highest BCUT2D eigenvalue weighted by Gasteiger charge is 2.26. The molecule has 5 nitrogen and oxygen atoms in total. The summed E-state index contributed by atoms with van der Waals surface area (Å²) < 4.78 is 1.53. The second-order valence-electron chi connectivity index (χ2n) is 5.81. The van der Waals surface area contributed by atoms with Crippen LogP contribution in [-0.4, -0.2) is 41.6 Å². The quantitative estimate of drug-likeness (QED) is 0.874. The van der Waals surface area contributed by atoms with Crippen LogP contribution in [0, 0.1) is 0 Å². The molecule has 2 heterocycles. The second-order valence-corrected chi connectivity index (χ2v) is 5.81. The summed E-state index contributed by atoms with van der Waals surface area (Å²) in [5.74, 6) is 0.0444. The highest BCUT2D eigenvalue weighted by molar-refractivity contribution is 5.98. The summed E-state index contributed by atoms with van der Waals surface area (Å²) >= 11 is 0. The van der Waals surface area contributed by atoms with Gasteiger partial charge in [-0.15, -0.1) is 0 Å². The average molecular weight is 287 g/mol. The van der Waals surface area contributed by atoms with Crippen LogP contribution in [-0.2, 0) is 13.5 Å². The summed E-state index contributed by atoms with van der Waals surface area (Å²) in [7, 11) is 3.68. The Morgan fingerprint density at radius 1 is 1.33 bits per heavy atom. The number of fused-ring (bicyclic) bond motifs is 1. The monoisotopic (exact) mass is 287 g/mol. The van der Waals surface area contributed by atoms with Crippen molar-refractivity contribution < 1.29 is 4.79 Å². The van der Waals surface area contributed by atoms with E-state index in [0.29, 0.717) is 18.0 Å². The Kier molecular flexibility index (Phi) is 3.68. The summed E-state index contributed by atoms with van der Waals surface area (Å²) in [4.78, 5) is 26.8. The van der Waals surface area contributed by atoms with Crippen molar-refractivity contribution in [1.29, 1.82) is 0 Å². The van der Waals surface area contributed by atoms with Gasteiger partial charge >= 0.3 is 0 Å². The Morgan fingerprint density at radius 3 is 2.71 bits per heavy atom. The van der Waals surface area contributed by atoms with E-state index in [0.717, 1.165) is 37.1 Å². The van der Waals surface area contributed by atoms with Crippen LogP contribution < -0.4 is 10.9 Å². The molecule has 0 aromatic carbocycles. The Bertz CT molecular complexity index is 652. The number of rotatable bonds is 2. The first-order valence-corrected chi connectivity index (χ1v) is 7.47. The lowest BCUT2D eigenvalue weighted by Gasteiger charge is -2.32. The van der Waals surface area contributed by atoms with Crippen molar-refractivity contribution in [3.05, 3.63) is 39.3 Å². The normalized spacial score (nSPS) is 18.1. The van der Waals surface area contributed by atoms with E-state index in [4.69, 9.17) is 0 Å². The van der Waals surface area contributed by atoms with Gasteiger partial charge in [0.15, 0.2) is 0 Å². The minimum Gasteiger partial charge on any atom is -0.338 e. The molecule has 0 spiro atoms. The van der Waals surface area contributed by atoms with Crippen molar-refractivity contribution in [2.24, 2.45) is 7.05 Å². The molecule has 0 saturated carbocycles. The molecule has 1 aliphatic carbocycles. The smallest absolute Gasteiger partial charge is 0.255 e. The number of hydrogen-bond acceptors (Lipinski definition) is 3. The zero-order valence-electron chi connectivity index (χ0n) is 12.6. The van der Waals surface area contributed by atoms with E-state index in [1.54, 1.807) is 13.2 Å². The first-order valence-electron chi connectivity index (χ1n) is 7.47. The molecule has 0 unspecified atom stereocenters. The highest BCUT2D eigenvalue weighted by atomic mass is 16.2. The molecule has 112 valence electrons. The fourth-order valence-corrected chi connectivity index (χ4v) is 3.21. The van der Waals surface area contributed by atoms with Gasteiger partial charge in [0, 0.05) is 37.9 Å². The summed E-state index contributed by atoms with van der Waals surface area (Å²) in [6.07, 6.45) is 8.13. The molecule has 1 amide bonds. The third kappa shape index (κ3) is 2.42. The third-order valence-electron chi connectivity index (χ3n) is 4.54. The largest absolute Gasteiger partial charge is 0.338 e. The minimum atomic E-state index is 0.000408. The Hall–Kier alpha value is -1.88. The molecule has 0 bridgehead atoms. The molecule has 3 rings (SSSR count). The van der Waals surface area contributed by atoms with E-state index in [1.165, 1.54) is 4.57 Å². The van der Waals surface area contributed by atoms with Gasteiger partial charge in [-0.1, -0.05) is 12.2 Å². The molecule has 1 aliphatic heterocycles. The van der Waals surface area contributed by atoms with Crippen molar-refractivity contribution in [3.63, 3.8) is 0 Å². The fraction of sp³-hybridized carbons (Fsp3) is 0.500. The van der Waals surface area contributed by atoms with Gasteiger partial charge in [0.25, 0.3) is 11.5 Å². The topological polar surface area (TPSA) is 54.3 Å². The molecule has 1 saturated heterocycles. The Balaban J connectivity index is 1.89. The molecule has 1 aromatic heterocycles. The van der Waals surface area contributed by atoms with Crippen molar-refractivity contribution in [2.45, 2.75) is 25.3 Å². The number of likely N-dealkylation sites (tertiary alicyclic amines) is 1. The predicted octanol–water partition coefficient (Wildman–Crippen LogP) is 0.779. The molecule has 0 atom stereocenters. The van der Waals surface area contributed by atoms with Gasteiger partial charge < -0.3 is 14.8 Å². The number of aromatic nitrogens is 1. The van der Waals surface area contributed by atoms with Gasteiger partial charge in [-0.25, -0.2) is 0 Å². The van der Waals surface area contributed by atoms with Crippen LogP contribution in [0.25, 0.3) is 6.08 Å². The number of hydrogen-bond donors (Lipinski definition) is 1. The summed E-state index contributed by atoms with van der Waals surface area (Å²) in [6.45, 7) is 1.54. The molecule has 1 fully saturated rings. The molecule has 1 aromatic rings. The first-order chi connectivity index (χ1) is 10.1. The standard InChI is InChI=1S/C16H21N3O2/c1-17-11-6-8-19(9-7-11)16(21)14-10-18(2)15(20)13-5-3-4-12(13)14/h3-4,10-11,17H,5-9H2,1-2H3. The van der Waals surface area contributed by atoms with E-state index >= 15 is 0 Å². The maximum absolute atomic E-state index is 12.8. The predicted molar refractivity (Wildman–Crippen MR) is 82.4 cm³/mol. The number of piperidine rings is 1. The van der Waals surface area contributed by atoms with Crippen molar-refractivity contribution in [2.75, 3.05) is 20.1 Å². The van der Waals surface area contributed by atoms with E-state index in [2.05, 4.69) is 5.32 Å². The number of amides is 1. The van der Waals surface area contributed by atoms with Crippen LogP contribution in [0.15, 0.2) is 17.1 Å². The summed E-state index contributed by atoms with van der Waals surface area (Å²) in [6, 6.07) is 0.500. The molecule has 5 heteroatoms. The van der Waals surface area contributed by atoms with E-state index in [1.807, 2.05) is 24.1 Å². The Labute approximate surface area is 124 Å². The lowest BCUT2D eigenvalue weighted by Crippen LogP contribution is -2.44. The Morgan fingerprint density at radius 2 is 2.05 bits per heavy atom. The van der Waals surface area contributed by atoms with Crippen LogP contribution in [0.5, 0.6) is 0 Å². The first kappa shape index (κ1) is 14.1. The number of carbonyl (C=O) groups is 1. The lowest BCUT2D eigenvalue weighted by molar-refractivity contribution is 0.0706. The number of allylic oxidation sites excluding steroid dienone is 1. The zero-order valence-corrected chi connectivity index (χ0v) is 12.6. The number of pyridine rings is 1. The minimum absolute atomic E-state index is 0.000408. The van der Waals surface area contributed by atoms with E-state index < -0.39 is 0 Å². The number of nitrogens with one attached hydrogen (secondary N) is 1. The van der Waals surface area contributed by atoms with Crippen molar-refractivity contribution in [3.8, 4) is 0 Å². The van der Waals surface area contributed by atoms with Gasteiger partial charge in [-0.3, -0.25) is 9.59 Å². The maximum Gasteiger partial charge on any atom is 0.255 e. The van der Waals surface area contributed by atoms with Crippen LogP contribution >= 0.6 is 0 Å². The zero-order chi connectivity index (χ0) is 15.0. The van der Waals surface area contributed by atoms with Crippen molar-refractivity contribution >= 4 is 12.0 Å². The van der Waals surface area contributed by atoms with Crippen LogP contribution in [0.1, 0.15) is 34.3 Å². The molecular formula is C16H21N3O2. The molecule has 1 N–H and O–H groups in total. The maximum atomic E-state index is 12.8. The van der Waals surface area contributed by atoms with Gasteiger partial charge in [-0.05, 0) is 31.9 Å². The van der Waals surface area contributed by atoms with Gasteiger partial charge in [0.1, 0.15) is 0 Å². The molecule has 2 aliphatic rings. The second kappa shape index (κ2) is 5.48. The van der Waals surface area contributed by atoms with Gasteiger partial charge in [0.2, 0.25) is 0 Å². The molecule has 0 radical (unpaired) electrons. The van der Waals surface area contributed by atoms with Gasteiger partial charge in [-0.2, -0.15) is 0 Å². The summed E-state index contributed by atoms with van der Waals surface area (Å²) in [5.41, 5.74) is 2.22. The average Bonchev–Trinajstić information content (AvgIpc) is 3.00. The van der Waals surface area contributed by atoms with E-state index in [9.17, 15) is 9.59 Å². The number of carbonyl (C=O) groups excluding carboxylic acids is 1. The lowest BCUT2D eigenvalue weighted by atomic mass is 10.0. The van der Waals surface area contributed by atoms with Crippen LogP contribution in [0.3, 0.4) is 0 Å². The van der Waals surface area contributed by atoms with Gasteiger partial charge in [0.05, 0.1) is 5.56 Å². The third-order valence-corrected chi connectivity index (χ3v) is 4.54.